The van der Waals surface area contributed by atoms with E-state index in [1.54, 1.807) is 0 Å². The molecule has 20 heavy (non-hydrogen) atoms. The number of carbonyl (C=O) groups is 2. The molecule has 6 heteroatoms. The van der Waals surface area contributed by atoms with Crippen LogP contribution in [0.4, 0.5) is 0 Å². The van der Waals surface area contributed by atoms with Gasteiger partial charge in [-0.1, -0.05) is 64.7 Å². The van der Waals surface area contributed by atoms with Gasteiger partial charge in [0, 0.05) is 0 Å². The van der Waals surface area contributed by atoms with Gasteiger partial charge in [-0.15, -0.1) is 0 Å². The standard InChI is InChI=1S/C14H27NO4.Na.H/c1-2-3-4-5-6-7-8-9-10-11-12-18-13(16)14(17)19-15;;/h2-12,15H2,1H3;;/q;+1;-1. The van der Waals surface area contributed by atoms with Crippen molar-refractivity contribution in [3.8, 4) is 0 Å². The number of hydrogen-bond acceptors (Lipinski definition) is 5. The SMILES string of the molecule is CCCCCCCCCCCCOC(=O)C(=O)ON.[H-].[Na+]. The molecule has 0 aliphatic heterocycles. The summed E-state index contributed by atoms with van der Waals surface area (Å²) >= 11 is 0. The van der Waals surface area contributed by atoms with Gasteiger partial charge in [-0.25, -0.2) is 9.59 Å². The number of rotatable bonds is 11. The van der Waals surface area contributed by atoms with Crippen LogP contribution in [0.5, 0.6) is 0 Å². The van der Waals surface area contributed by atoms with Crippen LogP contribution in [0.15, 0.2) is 0 Å². The molecule has 2 N–H and O–H groups in total. The van der Waals surface area contributed by atoms with Gasteiger partial charge in [-0.3, -0.25) is 0 Å². The van der Waals surface area contributed by atoms with Crippen molar-refractivity contribution in [2.45, 2.75) is 71.1 Å². The molecule has 0 spiro atoms. The van der Waals surface area contributed by atoms with Crippen molar-refractivity contribution in [3.63, 3.8) is 0 Å². The number of unbranched alkanes of at least 4 members (excludes halogenated alkanes) is 9. The average molecular weight is 297 g/mol. The molecule has 5 nitrogen and oxygen atoms in total. The van der Waals surface area contributed by atoms with Crippen LogP contribution in [0, 0.1) is 0 Å². The first kappa shape index (κ1) is 22.2. The normalized spacial score (nSPS) is 9.70. The van der Waals surface area contributed by atoms with Gasteiger partial charge >= 0.3 is 41.5 Å². The maximum atomic E-state index is 10.9. The van der Waals surface area contributed by atoms with Crippen LogP contribution in [-0.4, -0.2) is 18.5 Å². The fourth-order valence-electron chi connectivity index (χ4n) is 1.86. The van der Waals surface area contributed by atoms with Crippen molar-refractivity contribution >= 4 is 11.9 Å². The van der Waals surface area contributed by atoms with Crippen molar-refractivity contribution in [3.05, 3.63) is 0 Å². The van der Waals surface area contributed by atoms with Crippen LogP contribution in [0.3, 0.4) is 0 Å². The maximum absolute atomic E-state index is 10.9. The maximum Gasteiger partial charge on any atom is 1.00 e. The van der Waals surface area contributed by atoms with Gasteiger partial charge in [0.2, 0.25) is 0 Å². The van der Waals surface area contributed by atoms with Crippen molar-refractivity contribution in [1.29, 1.82) is 0 Å². The number of nitrogens with two attached hydrogens (primary N) is 1. The fourth-order valence-corrected chi connectivity index (χ4v) is 1.86. The summed E-state index contributed by atoms with van der Waals surface area (Å²) in [5.41, 5.74) is 0. The second kappa shape index (κ2) is 17.0. The molecule has 0 saturated heterocycles. The number of esters is 1. The van der Waals surface area contributed by atoms with E-state index in [9.17, 15) is 9.59 Å². The van der Waals surface area contributed by atoms with Crippen LogP contribution in [0.2, 0.25) is 0 Å². The van der Waals surface area contributed by atoms with E-state index < -0.39 is 11.9 Å². The summed E-state index contributed by atoms with van der Waals surface area (Å²) in [6, 6.07) is 0. The molecule has 0 bridgehead atoms. The monoisotopic (exact) mass is 297 g/mol. The average Bonchev–Trinajstić information content (AvgIpc) is 2.43. The molecule has 0 heterocycles. The van der Waals surface area contributed by atoms with Gasteiger partial charge in [0.1, 0.15) is 0 Å². The summed E-state index contributed by atoms with van der Waals surface area (Å²) in [4.78, 5) is 25.2. The van der Waals surface area contributed by atoms with Crippen LogP contribution in [-0.2, 0) is 19.2 Å². The zero-order chi connectivity index (χ0) is 14.3. The Labute approximate surface area is 145 Å². The molecule has 0 aromatic carbocycles. The van der Waals surface area contributed by atoms with Crippen molar-refractivity contribution in [2.24, 2.45) is 5.90 Å². The van der Waals surface area contributed by atoms with Gasteiger partial charge in [0.15, 0.2) is 0 Å². The van der Waals surface area contributed by atoms with E-state index in [2.05, 4.69) is 22.4 Å². The van der Waals surface area contributed by atoms with E-state index >= 15 is 0 Å². The van der Waals surface area contributed by atoms with E-state index in [0.29, 0.717) is 0 Å². The van der Waals surface area contributed by atoms with Crippen LogP contribution in [0.25, 0.3) is 0 Å². The molecule has 0 aromatic heterocycles. The predicted molar refractivity (Wildman–Crippen MR) is 74.2 cm³/mol. The largest absolute Gasteiger partial charge is 1.00 e. The van der Waals surface area contributed by atoms with E-state index in [0.717, 1.165) is 19.3 Å². The van der Waals surface area contributed by atoms with E-state index in [-0.39, 0.29) is 37.6 Å². The minimum atomic E-state index is -1.15. The molecule has 0 atom stereocenters. The molecule has 0 aromatic rings. The third-order valence-corrected chi connectivity index (χ3v) is 3.00. The first-order valence-corrected chi connectivity index (χ1v) is 7.30. The Morgan fingerprint density at radius 2 is 1.30 bits per heavy atom. The van der Waals surface area contributed by atoms with E-state index in [1.165, 1.54) is 44.9 Å². The van der Waals surface area contributed by atoms with Gasteiger partial charge in [-0.2, -0.15) is 5.90 Å². The molecular weight excluding hydrogens is 269 g/mol. The molecule has 0 aliphatic rings. The first-order chi connectivity index (χ1) is 9.22. The minimum Gasteiger partial charge on any atom is -1.00 e. The van der Waals surface area contributed by atoms with Crippen LogP contribution < -0.4 is 35.5 Å². The summed E-state index contributed by atoms with van der Waals surface area (Å²) in [5, 5.41) is 0. The Hall–Kier alpha value is -0.100. The molecule has 0 radical (unpaired) electrons. The van der Waals surface area contributed by atoms with Crippen molar-refractivity contribution in [1.82, 2.24) is 0 Å². The summed E-state index contributed by atoms with van der Waals surface area (Å²) in [6.45, 7) is 2.48. The molecule has 0 unspecified atom stereocenters. The summed E-state index contributed by atoms with van der Waals surface area (Å²) < 4.78 is 4.67. The summed E-state index contributed by atoms with van der Waals surface area (Å²) in [7, 11) is 0. The van der Waals surface area contributed by atoms with Gasteiger partial charge < -0.3 is 11.0 Å². The topological polar surface area (TPSA) is 78.6 Å². The van der Waals surface area contributed by atoms with Crippen molar-refractivity contribution < 1.29 is 50.1 Å². The molecule has 114 valence electrons. The molecule has 0 fully saturated rings. The zero-order valence-electron chi connectivity index (χ0n) is 14.0. The molecular formula is C14H28NNaO4. The fraction of sp³-hybridized carbons (Fsp3) is 0.857. The van der Waals surface area contributed by atoms with Gasteiger partial charge in [0.25, 0.3) is 0 Å². The molecule has 0 aliphatic carbocycles. The Kier molecular flexibility index (Phi) is 18.8. The third-order valence-electron chi connectivity index (χ3n) is 3.00. The van der Waals surface area contributed by atoms with Gasteiger partial charge in [-0.05, 0) is 6.42 Å². The van der Waals surface area contributed by atoms with E-state index in [4.69, 9.17) is 0 Å². The van der Waals surface area contributed by atoms with E-state index in [1.807, 2.05) is 0 Å². The first-order valence-electron chi connectivity index (χ1n) is 7.30. The van der Waals surface area contributed by atoms with Crippen LogP contribution in [0.1, 0.15) is 72.6 Å². The second-order valence-corrected chi connectivity index (χ2v) is 4.72. The Morgan fingerprint density at radius 3 is 1.75 bits per heavy atom. The third kappa shape index (κ3) is 14.3. The molecule has 0 rings (SSSR count). The Balaban J connectivity index is -0.00000162. The smallest absolute Gasteiger partial charge is 1.00 e. The predicted octanol–water partition coefficient (Wildman–Crippen LogP) is -0.0161. The molecule has 0 saturated carbocycles. The summed E-state index contributed by atoms with van der Waals surface area (Å²) in [5.74, 6) is 2.39. The Bertz CT molecular complexity index is 255. The second-order valence-electron chi connectivity index (χ2n) is 4.72. The minimum absolute atomic E-state index is 0. The van der Waals surface area contributed by atoms with Crippen LogP contribution >= 0.6 is 0 Å². The van der Waals surface area contributed by atoms with Crippen molar-refractivity contribution in [2.75, 3.05) is 6.61 Å². The number of carbonyl (C=O) groups excluding carboxylic acids is 2. The van der Waals surface area contributed by atoms with Gasteiger partial charge in [0.05, 0.1) is 6.61 Å². The molecule has 0 amide bonds. The summed E-state index contributed by atoms with van der Waals surface area (Å²) in [6.07, 6.45) is 12.1. The Morgan fingerprint density at radius 1 is 0.850 bits per heavy atom. The zero-order valence-corrected chi connectivity index (χ0v) is 15.0. The number of hydrogen-bond donors (Lipinski definition) is 1. The number of ether oxygens (including phenoxy) is 1. The quantitative estimate of drug-likeness (QED) is 0.191.